The first kappa shape index (κ1) is 5.11. The molecule has 0 aromatic heterocycles. The van der Waals surface area contributed by atoms with Crippen LogP contribution in [0.4, 0.5) is 0 Å². The second-order valence-electron chi connectivity index (χ2n) is 1.97. The molecule has 0 aliphatic carbocycles. The van der Waals surface area contributed by atoms with Gasteiger partial charge in [-0.25, -0.2) is 0 Å². The smallest absolute Gasteiger partial charge is 0.0836 e. The average molecular weight is 116 g/mol. The van der Waals surface area contributed by atoms with E-state index in [9.17, 15) is 4.57 Å². The van der Waals surface area contributed by atoms with Gasteiger partial charge in [0.2, 0.25) is 0 Å². The van der Waals surface area contributed by atoms with Crippen molar-refractivity contribution in [1.82, 2.24) is 0 Å². The Bertz CT molecular complexity index is 126. The van der Waals surface area contributed by atoms with E-state index in [-0.39, 0.29) is 0 Å². The van der Waals surface area contributed by atoms with Crippen molar-refractivity contribution in [2.75, 3.05) is 12.3 Å². The molecule has 0 saturated heterocycles. The van der Waals surface area contributed by atoms with Crippen LogP contribution < -0.4 is 0 Å². The molecule has 0 spiro atoms. The van der Waals surface area contributed by atoms with E-state index < -0.39 is 7.80 Å². The average Bonchev–Trinajstić information content (AvgIpc) is 1.87. The molecule has 1 aliphatic rings. The van der Waals surface area contributed by atoms with Gasteiger partial charge in [0.05, 0.1) is 7.80 Å². The van der Waals surface area contributed by atoms with Crippen LogP contribution in [0.25, 0.3) is 0 Å². The van der Waals surface area contributed by atoms with E-state index in [1.165, 1.54) is 5.57 Å². The van der Waals surface area contributed by atoms with Crippen LogP contribution in [-0.4, -0.2) is 12.3 Å². The third-order valence-corrected chi connectivity index (χ3v) is 2.77. The van der Waals surface area contributed by atoms with E-state index in [1.54, 1.807) is 0 Å². The monoisotopic (exact) mass is 116 g/mol. The van der Waals surface area contributed by atoms with Crippen molar-refractivity contribution < 1.29 is 4.57 Å². The lowest BCUT2D eigenvalue weighted by Crippen LogP contribution is -1.67. The SMILES string of the molecule is CC1=CC[PH](=O)C1. The Hall–Kier alpha value is -0.0300. The van der Waals surface area contributed by atoms with Crippen molar-refractivity contribution in [2.45, 2.75) is 6.92 Å². The molecule has 0 bridgehead atoms. The number of rotatable bonds is 0. The molecule has 0 saturated carbocycles. The molecule has 0 aromatic carbocycles. The minimum absolute atomic E-state index is 0.858. The Labute approximate surface area is 44.2 Å². The maximum atomic E-state index is 10.6. The zero-order chi connectivity index (χ0) is 5.28. The Morgan fingerprint density at radius 3 is 2.71 bits per heavy atom. The van der Waals surface area contributed by atoms with Crippen LogP contribution in [0, 0.1) is 0 Å². The fourth-order valence-corrected chi connectivity index (χ4v) is 2.23. The molecular weight excluding hydrogens is 107 g/mol. The van der Waals surface area contributed by atoms with Crippen molar-refractivity contribution in [1.29, 1.82) is 0 Å². The van der Waals surface area contributed by atoms with Crippen molar-refractivity contribution in [3.05, 3.63) is 11.6 Å². The van der Waals surface area contributed by atoms with Crippen LogP contribution in [0.1, 0.15) is 6.92 Å². The summed E-state index contributed by atoms with van der Waals surface area (Å²) in [6.45, 7) is 2.04. The molecule has 1 nitrogen and oxygen atoms in total. The first-order valence-electron chi connectivity index (χ1n) is 2.46. The highest BCUT2D eigenvalue weighted by Gasteiger charge is 2.04. The number of hydrogen-bond donors (Lipinski definition) is 0. The normalized spacial score (nSPS) is 30.4. The molecule has 7 heavy (non-hydrogen) atoms. The van der Waals surface area contributed by atoms with E-state index in [4.69, 9.17) is 0 Å². The molecule has 40 valence electrons. The molecule has 0 fully saturated rings. The maximum absolute atomic E-state index is 10.6. The lowest BCUT2D eigenvalue weighted by atomic mass is 10.3. The molecule has 0 radical (unpaired) electrons. The molecule has 2 heteroatoms. The van der Waals surface area contributed by atoms with E-state index in [0.717, 1.165) is 12.3 Å². The molecule has 1 unspecified atom stereocenters. The quantitative estimate of drug-likeness (QED) is 0.346. The zero-order valence-electron chi connectivity index (χ0n) is 4.40. The molecule has 1 atom stereocenters. The Morgan fingerprint density at radius 2 is 2.57 bits per heavy atom. The van der Waals surface area contributed by atoms with Crippen LogP contribution in [0.2, 0.25) is 0 Å². The van der Waals surface area contributed by atoms with Gasteiger partial charge in [-0.3, -0.25) is 0 Å². The number of hydrogen-bond acceptors (Lipinski definition) is 1. The molecule has 1 heterocycles. The first-order chi connectivity index (χ1) is 3.29. The topological polar surface area (TPSA) is 17.1 Å². The lowest BCUT2D eigenvalue weighted by Gasteiger charge is -1.82. The molecule has 1 aliphatic heterocycles. The first-order valence-corrected chi connectivity index (χ1v) is 4.28. The third-order valence-electron chi connectivity index (χ3n) is 1.15. The molecule has 0 amide bonds. The lowest BCUT2D eigenvalue weighted by molar-refractivity contribution is 0.592. The summed E-state index contributed by atoms with van der Waals surface area (Å²) in [6.07, 6.45) is 3.81. The van der Waals surface area contributed by atoms with Gasteiger partial charge < -0.3 is 4.57 Å². The minimum Gasteiger partial charge on any atom is -0.326 e. The molecular formula is C5H9OP. The molecule has 0 aromatic rings. The summed E-state index contributed by atoms with van der Waals surface area (Å²) in [6, 6.07) is 0. The summed E-state index contributed by atoms with van der Waals surface area (Å²) in [5.41, 5.74) is 1.31. The standard InChI is InChI=1S/C5H9OP/c1-5-2-3-7(6)4-5/h2,7H,3-4H2,1H3. The largest absolute Gasteiger partial charge is 0.326 e. The third kappa shape index (κ3) is 1.17. The predicted octanol–water partition coefficient (Wildman–Crippen LogP) is 1.51. The van der Waals surface area contributed by atoms with Gasteiger partial charge in [0.25, 0.3) is 0 Å². The van der Waals surface area contributed by atoms with Gasteiger partial charge in [-0.15, -0.1) is 0 Å². The van der Waals surface area contributed by atoms with Crippen molar-refractivity contribution in [2.24, 2.45) is 0 Å². The van der Waals surface area contributed by atoms with Gasteiger partial charge in [-0.2, -0.15) is 0 Å². The van der Waals surface area contributed by atoms with Gasteiger partial charge in [0.1, 0.15) is 0 Å². The second kappa shape index (κ2) is 1.83. The van der Waals surface area contributed by atoms with E-state index in [1.807, 2.05) is 6.92 Å². The summed E-state index contributed by atoms with van der Waals surface area (Å²) in [5, 5.41) is 0. The van der Waals surface area contributed by atoms with E-state index in [0.29, 0.717) is 0 Å². The summed E-state index contributed by atoms with van der Waals surface area (Å²) in [5.74, 6) is 0. The second-order valence-corrected chi connectivity index (χ2v) is 3.81. The van der Waals surface area contributed by atoms with Crippen LogP contribution in [-0.2, 0) is 4.57 Å². The van der Waals surface area contributed by atoms with E-state index >= 15 is 0 Å². The fraction of sp³-hybridized carbons (Fsp3) is 0.600. The van der Waals surface area contributed by atoms with E-state index in [2.05, 4.69) is 6.08 Å². The maximum Gasteiger partial charge on any atom is 0.0836 e. The Kier molecular flexibility index (Phi) is 1.34. The van der Waals surface area contributed by atoms with Gasteiger partial charge in [-0.1, -0.05) is 11.6 Å². The Morgan fingerprint density at radius 1 is 1.86 bits per heavy atom. The summed E-state index contributed by atoms with van der Waals surface area (Å²) >= 11 is 0. The van der Waals surface area contributed by atoms with Gasteiger partial charge in [0.15, 0.2) is 0 Å². The minimum atomic E-state index is -1.15. The summed E-state index contributed by atoms with van der Waals surface area (Å²) in [7, 11) is -1.15. The van der Waals surface area contributed by atoms with Crippen LogP contribution >= 0.6 is 7.80 Å². The fourth-order valence-electron chi connectivity index (χ4n) is 0.743. The van der Waals surface area contributed by atoms with Crippen molar-refractivity contribution in [3.63, 3.8) is 0 Å². The van der Waals surface area contributed by atoms with Gasteiger partial charge in [0, 0.05) is 12.3 Å². The van der Waals surface area contributed by atoms with Gasteiger partial charge in [-0.05, 0) is 6.92 Å². The zero-order valence-corrected chi connectivity index (χ0v) is 5.40. The van der Waals surface area contributed by atoms with Crippen LogP contribution in [0.15, 0.2) is 11.6 Å². The highest BCUT2D eigenvalue weighted by atomic mass is 31.1. The predicted molar refractivity (Wildman–Crippen MR) is 32.5 cm³/mol. The summed E-state index contributed by atoms with van der Waals surface area (Å²) in [4.78, 5) is 0. The van der Waals surface area contributed by atoms with Crippen LogP contribution in [0.5, 0.6) is 0 Å². The van der Waals surface area contributed by atoms with Crippen LogP contribution in [0.3, 0.4) is 0 Å². The van der Waals surface area contributed by atoms with Crippen molar-refractivity contribution >= 4 is 7.80 Å². The van der Waals surface area contributed by atoms with Gasteiger partial charge >= 0.3 is 0 Å². The molecule has 0 N–H and O–H groups in total. The highest BCUT2D eigenvalue weighted by molar-refractivity contribution is 7.45. The molecule has 1 rings (SSSR count). The van der Waals surface area contributed by atoms with Crippen molar-refractivity contribution in [3.8, 4) is 0 Å². The Balaban J connectivity index is 2.58. The summed E-state index contributed by atoms with van der Waals surface area (Å²) < 4.78 is 10.6. The highest BCUT2D eigenvalue weighted by Crippen LogP contribution is 2.29. The number of allylic oxidation sites excluding steroid dienone is 2.